The number of fused-ring (bicyclic) bond motifs is 1. The Morgan fingerprint density at radius 2 is 2.21 bits per heavy atom. The van der Waals surface area contributed by atoms with Crippen LogP contribution in [0.1, 0.15) is 19.3 Å². The number of nitrogens with zero attached hydrogens (tertiary/aromatic N) is 1. The van der Waals surface area contributed by atoms with Crippen LogP contribution in [0.2, 0.25) is 0 Å². The van der Waals surface area contributed by atoms with Crippen LogP contribution < -0.4 is 4.74 Å². The Bertz CT molecular complexity index is 561. The second-order valence-corrected chi connectivity index (χ2v) is 6.60. The summed E-state index contributed by atoms with van der Waals surface area (Å²) in [5, 5.41) is 0. The van der Waals surface area contributed by atoms with E-state index in [0.29, 0.717) is 25.4 Å². The number of benzene rings is 1. The van der Waals surface area contributed by atoms with E-state index < -0.39 is 0 Å². The molecule has 0 N–H and O–H groups in total. The molecule has 0 unspecified atom stereocenters. The van der Waals surface area contributed by atoms with Crippen LogP contribution in [-0.2, 0) is 14.3 Å². The molecule has 2 aliphatic rings. The van der Waals surface area contributed by atoms with E-state index in [9.17, 15) is 9.18 Å². The summed E-state index contributed by atoms with van der Waals surface area (Å²) in [4.78, 5) is 14.3. The van der Waals surface area contributed by atoms with Gasteiger partial charge in [0, 0.05) is 32.2 Å². The van der Waals surface area contributed by atoms with Crippen molar-refractivity contribution in [1.82, 2.24) is 4.90 Å². The Morgan fingerprint density at radius 1 is 1.42 bits per heavy atom. The molecule has 5 nitrogen and oxygen atoms in total. The highest BCUT2D eigenvalue weighted by atomic mass is 19.1. The molecule has 1 amide bonds. The quantitative estimate of drug-likeness (QED) is 0.827. The number of methoxy groups -OCH3 is 1. The molecule has 0 saturated carbocycles. The van der Waals surface area contributed by atoms with Crippen LogP contribution in [0.4, 0.5) is 4.39 Å². The molecule has 0 radical (unpaired) electrons. The fraction of sp³-hybridized carbons (Fsp3) is 0.611. The van der Waals surface area contributed by atoms with Crippen molar-refractivity contribution in [3.8, 4) is 5.75 Å². The van der Waals surface area contributed by atoms with Gasteiger partial charge in [-0.25, -0.2) is 4.39 Å². The molecule has 0 bridgehead atoms. The van der Waals surface area contributed by atoms with Gasteiger partial charge in [-0.2, -0.15) is 0 Å². The van der Waals surface area contributed by atoms with Gasteiger partial charge in [0.05, 0.1) is 12.7 Å². The molecular formula is C18H24FNO4. The molecule has 6 heteroatoms. The van der Waals surface area contributed by atoms with Crippen molar-refractivity contribution >= 4 is 5.91 Å². The molecule has 132 valence electrons. The van der Waals surface area contributed by atoms with E-state index >= 15 is 0 Å². The van der Waals surface area contributed by atoms with E-state index in [0.717, 1.165) is 25.9 Å². The Morgan fingerprint density at radius 3 is 2.96 bits per heavy atom. The molecule has 2 aliphatic heterocycles. The van der Waals surface area contributed by atoms with Crippen LogP contribution >= 0.6 is 0 Å². The Kier molecular flexibility index (Phi) is 5.36. The summed E-state index contributed by atoms with van der Waals surface area (Å²) in [7, 11) is 1.69. The minimum Gasteiger partial charge on any atom is -0.484 e. The zero-order chi connectivity index (χ0) is 17.0. The molecule has 1 aromatic carbocycles. The second-order valence-electron chi connectivity index (χ2n) is 6.60. The van der Waals surface area contributed by atoms with E-state index in [-0.39, 0.29) is 29.9 Å². The van der Waals surface area contributed by atoms with E-state index in [1.54, 1.807) is 7.11 Å². The van der Waals surface area contributed by atoms with Crippen molar-refractivity contribution in [3.63, 3.8) is 0 Å². The average Bonchev–Trinajstić information content (AvgIpc) is 2.60. The number of hydrogen-bond donors (Lipinski definition) is 0. The molecule has 0 spiro atoms. The fourth-order valence-electron chi connectivity index (χ4n) is 3.77. The summed E-state index contributed by atoms with van der Waals surface area (Å²) in [5.74, 6) is 0.112. The molecular weight excluding hydrogens is 313 g/mol. The van der Waals surface area contributed by atoms with Gasteiger partial charge in [0.2, 0.25) is 0 Å². The van der Waals surface area contributed by atoms with Gasteiger partial charge in [-0.15, -0.1) is 0 Å². The van der Waals surface area contributed by atoms with Gasteiger partial charge in [0.15, 0.2) is 6.61 Å². The summed E-state index contributed by atoms with van der Waals surface area (Å²) >= 11 is 0. The molecule has 0 aromatic heterocycles. The van der Waals surface area contributed by atoms with Crippen LogP contribution in [0.5, 0.6) is 5.75 Å². The van der Waals surface area contributed by atoms with Crippen LogP contribution in [0.3, 0.4) is 0 Å². The van der Waals surface area contributed by atoms with Gasteiger partial charge >= 0.3 is 0 Å². The smallest absolute Gasteiger partial charge is 0.260 e. The number of carbonyl (C=O) groups is 1. The first-order valence-corrected chi connectivity index (χ1v) is 8.40. The molecule has 2 atom stereocenters. The molecule has 0 aliphatic carbocycles. The van der Waals surface area contributed by atoms with Crippen LogP contribution in [0.15, 0.2) is 24.3 Å². The molecule has 2 heterocycles. The molecule has 1 aromatic rings. The van der Waals surface area contributed by atoms with Crippen molar-refractivity contribution in [2.75, 3.05) is 40.0 Å². The Hall–Kier alpha value is -1.66. The van der Waals surface area contributed by atoms with Crippen molar-refractivity contribution in [3.05, 3.63) is 30.1 Å². The second kappa shape index (κ2) is 7.49. The highest BCUT2D eigenvalue weighted by Crippen LogP contribution is 2.40. The van der Waals surface area contributed by atoms with Gasteiger partial charge in [0.25, 0.3) is 5.91 Å². The lowest BCUT2D eigenvalue weighted by Gasteiger charge is -2.50. The maximum absolute atomic E-state index is 12.9. The lowest BCUT2D eigenvalue weighted by molar-refractivity contribution is -0.163. The maximum Gasteiger partial charge on any atom is 0.260 e. The lowest BCUT2D eigenvalue weighted by Crippen LogP contribution is -2.58. The van der Waals surface area contributed by atoms with Crippen molar-refractivity contribution in [2.45, 2.75) is 25.4 Å². The summed E-state index contributed by atoms with van der Waals surface area (Å²) in [6.07, 6.45) is 2.99. The Balaban J connectivity index is 1.59. The average molecular weight is 337 g/mol. The number of ether oxygens (including phenoxy) is 3. The van der Waals surface area contributed by atoms with Crippen LogP contribution in [-0.4, -0.2) is 56.9 Å². The number of rotatable bonds is 5. The molecule has 2 saturated heterocycles. The number of hydrogen-bond acceptors (Lipinski definition) is 4. The highest BCUT2D eigenvalue weighted by Gasteiger charge is 2.47. The Labute approximate surface area is 141 Å². The van der Waals surface area contributed by atoms with E-state index in [2.05, 4.69) is 0 Å². The molecule has 3 rings (SSSR count). The topological polar surface area (TPSA) is 48.0 Å². The van der Waals surface area contributed by atoms with Crippen molar-refractivity contribution < 1.29 is 23.4 Å². The van der Waals surface area contributed by atoms with Gasteiger partial charge < -0.3 is 19.1 Å². The van der Waals surface area contributed by atoms with Crippen molar-refractivity contribution in [2.24, 2.45) is 5.41 Å². The number of likely N-dealkylation sites (tertiary alicyclic amines) is 1. The van der Waals surface area contributed by atoms with E-state index in [4.69, 9.17) is 14.2 Å². The number of halogens is 1. The number of piperidine rings is 1. The summed E-state index contributed by atoms with van der Waals surface area (Å²) in [6, 6.07) is 5.68. The maximum atomic E-state index is 12.9. The fourth-order valence-corrected chi connectivity index (χ4v) is 3.77. The molecule has 24 heavy (non-hydrogen) atoms. The minimum atomic E-state index is -0.324. The van der Waals surface area contributed by atoms with Crippen molar-refractivity contribution in [1.29, 1.82) is 0 Å². The molecule has 2 fully saturated rings. The zero-order valence-electron chi connectivity index (χ0n) is 14.0. The third kappa shape index (κ3) is 3.70. The lowest BCUT2D eigenvalue weighted by atomic mass is 9.73. The monoisotopic (exact) mass is 337 g/mol. The predicted molar refractivity (Wildman–Crippen MR) is 86.4 cm³/mol. The number of carbonyl (C=O) groups excluding carboxylic acids is 1. The SMILES string of the molecule is COC[C@]12CCCO[C@H]1CCN(C(=O)COc1ccc(F)cc1)C2. The van der Waals surface area contributed by atoms with Gasteiger partial charge in [-0.1, -0.05) is 0 Å². The number of amides is 1. The minimum absolute atomic E-state index is 0.0415. The first kappa shape index (κ1) is 17.2. The summed E-state index contributed by atoms with van der Waals surface area (Å²) < 4.78 is 29.7. The van der Waals surface area contributed by atoms with E-state index in [1.807, 2.05) is 4.90 Å². The van der Waals surface area contributed by atoms with Gasteiger partial charge in [0.1, 0.15) is 11.6 Å². The first-order chi connectivity index (χ1) is 11.6. The van der Waals surface area contributed by atoms with E-state index in [1.165, 1.54) is 24.3 Å². The van der Waals surface area contributed by atoms with Gasteiger partial charge in [-0.3, -0.25) is 4.79 Å². The predicted octanol–water partition coefficient (Wildman–Crippen LogP) is 2.25. The summed E-state index contributed by atoms with van der Waals surface area (Å²) in [5.41, 5.74) is -0.114. The standard InChI is InChI=1S/C18H24FNO4/c1-22-13-18-8-2-10-23-16(18)7-9-20(12-18)17(21)11-24-15-5-3-14(19)4-6-15/h3-6,16H,2,7-13H2,1H3/t16-,18+/m0/s1. The van der Waals surface area contributed by atoms with Crippen LogP contribution in [0, 0.1) is 11.2 Å². The largest absolute Gasteiger partial charge is 0.484 e. The zero-order valence-corrected chi connectivity index (χ0v) is 14.0. The third-order valence-electron chi connectivity index (χ3n) is 4.95. The van der Waals surface area contributed by atoms with Crippen LogP contribution in [0.25, 0.3) is 0 Å². The summed E-state index contributed by atoms with van der Waals surface area (Å²) in [6.45, 7) is 2.65. The van der Waals surface area contributed by atoms with Gasteiger partial charge in [-0.05, 0) is 43.5 Å². The highest BCUT2D eigenvalue weighted by molar-refractivity contribution is 5.78. The normalized spacial score (nSPS) is 26.8. The first-order valence-electron chi connectivity index (χ1n) is 8.40. The third-order valence-corrected chi connectivity index (χ3v) is 4.95.